The molecule has 1 rings (SSSR count). The van der Waals surface area contributed by atoms with Gasteiger partial charge in [-0.3, -0.25) is 5.43 Å². The third kappa shape index (κ3) is 5.02. The van der Waals surface area contributed by atoms with Crippen LogP contribution in [0.3, 0.4) is 0 Å². The number of hydrogen-bond acceptors (Lipinski definition) is 5. The monoisotopic (exact) mass is 361 g/mol. The molecule has 9 heteroatoms. The number of thiocarbonyl (C=S) groups is 1. The second-order valence-electron chi connectivity index (χ2n) is 3.44. The maximum atomic E-state index is 10.5. The number of rotatable bonds is 6. The molecule has 0 aromatic heterocycles. The van der Waals surface area contributed by atoms with Gasteiger partial charge in [0.05, 0.1) is 13.3 Å². The molecular formula is C11H12BrN3O4S. The fourth-order valence-corrected chi connectivity index (χ4v) is 1.70. The zero-order chi connectivity index (χ0) is 15.1. The van der Waals surface area contributed by atoms with Crippen molar-refractivity contribution in [1.82, 2.24) is 5.43 Å². The molecule has 7 nitrogen and oxygen atoms in total. The van der Waals surface area contributed by atoms with Crippen molar-refractivity contribution in [3.8, 4) is 11.5 Å². The smallest absolute Gasteiger partial charge is 0.341 e. The summed E-state index contributed by atoms with van der Waals surface area (Å²) < 4.78 is 10.9. The Morgan fingerprint density at radius 1 is 1.60 bits per heavy atom. The highest BCUT2D eigenvalue weighted by molar-refractivity contribution is 9.10. The Hall–Kier alpha value is -1.87. The van der Waals surface area contributed by atoms with Gasteiger partial charge in [0, 0.05) is 10.0 Å². The second-order valence-corrected chi connectivity index (χ2v) is 4.74. The van der Waals surface area contributed by atoms with Crippen LogP contribution in [0.2, 0.25) is 0 Å². The van der Waals surface area contributed by atoms with Crippen molar-refractivity contribution < 1.29 is 19.4 Å². The number of halogens is 1. The van der Waals surface area contributed by atoms with E-state index in [0.29, 0.717) is 21.5 Å². The third-order valence-electron chi connectivity index (χ3n) is 2.01. The van der Waals surface area contributed by atoms with Crippen molar-refractivity contribution in [2.24, 2.45) is 10.8 Å². The fraction of sp³-hybridized carbons (Fsp3) is 0.182. The van der Waals surface area contributed by atoms with Crippen molar-refractivity contribution in [3.05, 3.63) is 22.2 Å². The number of ether oxygens (including phenoxy) is 2. The maximum Gasteiger partial charge on any atom is 0.341 e. The molecule has 0 atom stereocenters. The van der Waals surface area contributed by atoms with E-state index in [9.17, 15) is 4.79 Å². The summed E-state index contributed by atoms with van der Waals surface area (Å²) in [6.07, 6.45) is 1.48. The van der Waals surface area contributed by atoms with Gasteiger partial charge in [-0.2, -0.15) is 5.10 Å². The van der Waals surface area contributed by atoms with Crippen LogP contribution >= 0.6 is 28.1 Å². The molecule has 108 valence electrons. The first-order valence-electron chi connectivity index (χ1n) is 5.24. The molecule has 0 saturated carbocycles. The summed E-state index contributed by atoms with van der Waals surface area (Å²) in [5.41, 5.74) is 8.33. The van der Waals surface area contributed by atoms with Gasteiger partial charge in [0.15, 0.2) is 23.2 Å². The van der Waals surface area contributed by atoms with Gasteiger partial charge in [-0.1, -0.05) is 0 Å². The molecule has 0 heterocycles. The number of methoxy groups -OCH3 is 1. The number of nitrogens with two attached hydrogens (primary N) is 1. The fourth-order valence-electron chi connectivity index (χ4n) is 1.23. The molecule has 20 heavy (non-hydrogen) atoms. The Morgan fingerprint density at radius 2 is 2.30 bits per heavy atom. The van der Waals surface area contributed by atoms with Gasteiger partial charge in [0.2, 0.25) is 0 Å². The van der Waals surface area contributed by atoms with E-state index < -0.39 is 12.6 Å². The molecule has 0 fully saturated rings. The summed E-state index contributed by atoms with van der Waals surface area (Å²) in [7, 11) is 1.45. The zero-order valence-corrected chi connectivity index (χ0v) is 12.8. The predicted molar refractivity (Wildman–Crippen MR) is 81.3 cm³/mol. The van der Waals surface area contributed by atoms with Crippen LogP contribution < -0.4 is 20.6 Å². The number of hydrazone groups is 1. The molecule has 1 aromatic carbocycles. The van der Waals surface area contributed by atoms with E-state index in [1.54, 1.807) is 12.1 Å². The summed E-state index contributed by atoms with van der Waals surface area (Å²) in [5, 5.41) is 12.5. The topological polar surface area (TPSA) is 106 Å². The lowest BCUT2D eigenvalue weighted by atomic mass is 10.2. The van der Waals surface area contributed by atoms with E-state index in [-0.39, 0.29) is 5.11 Å². The van der Waals surface area contributed by atoms with E-state index in [4.69, 9.17) is 20.3 Å². The van der Waals surface area contributed by atoms with Crippen LogP contribution in [-0.2, 0) is 4.79 Å². The number of hydrogen-bond donors (Lipinski definition) is 3. The lowest BCUT2D eigenvalue weighted by Crippen LogP contribution is -2.24. The van der Waals surface area contributed by atoms with Crippen molar-refractivity contribution in [2.75, 3.05) is 13.7 Å². The molecule has 0 radical (unpaired) electrons. The molecule has 1 aromatic rings. The average molecular weight is 362 g/mol. The summed E-state index contributed by atoms with van der Waals surface area (Å²) in [6, 6.07) is 3.22. The van der Waals surface area contributed by atoms with Gasteiger partial charge in [-0.05, 0) is 40.3 Å². The van der Waals surface area contributed by atoms with Crippen LogP contribution in [-0.4, -0.2) is 36.1 Å². The van der Waals surface area contributed by atoms with Crippen LogP contribution in [0, 0.1) is 0 Å². The number of carboxylic acid groups (broad SMARTS) is 1. The lowest BCUT2D eigenvalue weighted by Gasteiger charge is -2.11. The highest BCUT2D eigenvalue weighted by Gasteiger charge is 2.10. The highest BCUT2D eigenvalue weighted by atomic mass is 79.9. The molecule has 0 unspecified atom stereocenters. The third-order valence-corrected chi connectivity index (χ3v) is 2.79. The van der Waals surface area contributed by atoms with Gasteiger partial charge in [0.25, 0.3) is 0 Å². The van der Waals surface area contributed by atoms with Crippen molar-refractivity contribution in [1.29, 1.82) is 0 Å². The van der Waals surface area contributed by atoms with Gasteiger partial charge in [0.1, 0.15) is 0 Å². The van der Waals surface area contributed by atoms with Crippen LogP contribution in [0.4, 0.5) is 0 Å². The maximum absolute atomic E-state index is 10.5. The highest BCUT2D eigenvalue weighted by Crippen LogP contribution is 2.32. The number of nitrogens with one attached hydrogen (secondary N) is 1. The molecule has 0 bridgehead atoms. The zero-order valence-electron chi connectivity index (χ0n) is 10.4. The molecule has 4 N–H and O–H groups in total. The lowest BCUT2D eigenvalue weighted by molar-refractivity contribution is -0.139. The molecule has 0 amide bonds. The Kier molecular flexibility index (Phi) is 6.19. The molecule has 0 saturated heterocycles. The van der Waals surface area contributed by atoms with E-state index in [1.807, 2.05) is 0 Å². The minimum atomic E-state index is -1.07. The summed E-state index contributed by atoms with van der Waals surface area (Å²) >= 11 is 7.93. The minimum Gasteiger partial charge on any atom is -0.493 e. The van der Waals surface area contributed by atoms with Crippen LogP contribution in [0.25, 0.3) is 0 Å². The summed E-state index contributed by atoms with van der Waals surface area (Å²) in [5.74, 6) is -0.387. The first-order valence-corrected chi connectivity index (χ1v) is 6.44. The Morgan fingerprint density at radius 3 is 2.85 bits per heavy atom. The molecule has 0 spiro atoms. The van der Waals surface area contributed by atoms with Crippen molar-refractivity contribution >= 4 is 45.4 Å². The van der Waals surface area contributed by atoms with Gasteiger partial charge in [-0.25, -0.2) is 4.79 Å². The summed E-state index contributed by atoms with van der Waals surface area (Å²) in [4.78, 5) is 10.5. The van der Waals surface area contributed by atoms with E-state index in [2.05, 4.69) is 38.7 Å². The minimum absolute atomic E-state index is 0.0470. The Balaban J connectivity index is 2.97. The van der Waals surface area contributed by atoms with E-state index in [0.717, 1.165) is 0 Å². The number of carboxylic acids is 1. The Bertz CT molecular complexity index is 551. The normalized spacial score (nSPS) is 10.3. The van der Waals surface area contributed by atoms with Crippen LogP contribution in [0.15, 0.2) is 21.7 Å². The van der Waals surface area contributed by atoms with Gasteiger partial charge in [-0.15, -0.1) is 0 Å². The number of nitrogens with zero attached hydrogens (tertiary/aromatic N) is 1. The van der Waals surface area contributed by atoms with Crippen LogP contribution in [0.1, 0.15) is 5.56 Å². The SMILES string of the molecule is COc1cc(/C=N/NC(N)=S)c(Br)cc1OCC(=O)O. The number of aliphatic carboxylic acids is 1. The largest absolute Gasteiger partial charge is 0.493 e. The molecule has 0 aliphatic carbocycles. The first kappa shape index (κ1) is 16.2. The number of carbonyl (C=O) groups is 1. The Labute approximate surface area is 128 Å². The van der Waals surface area contributed by atoms with Crippen molar-refractivity contribution in [3.63, 3.8) is 0 Å². The summed E-state index contributed by atoms with van der Waals surface area (Å²) in [6.45, 7) is -0.459. The van der Waals surface area contributed by atoms with Gasteiger partial charge < -0.3 is 20.3 Å². The second kappa shape index (κ2) is 7.65. The van der Waals surface area contributed by atoms with Crippen LogP contribution in [0.5, 0.6) is 11.5 Å². The molecular weight excluding hydrogens is 350 g/mol. The van der Waals surface area contributed by atoms with E-state index in [1.165, 1.54) is 13.3 Å². The van der Waals surface area contributed by atoms with Crippen molar-refractivity contribution in [2.45, 2.75) is 0 Å². The quantitative estimate of drug-likeness (QED) is 0.395. The standard InChI is InChI=1S/C11H12BrN3O4S/c1-18-8-2-6(4-14-15-11(13)20)7(12)3-9(8)19-5-10(16)17/h2-4H,5H2,1H3,(H,16,17)(H3,13,15,20)/b14-4+. The molecule has 0 aliphatic heterocycles. The average Bonchev–Trinajstić information content (AvgIpc) is 2.37. The molecule has 0 aliphatic rings. The predicted octanol–water partition coefficient (Wildman–Crippen LogP) is 1.09. The van der Waals surface area contributed by atoms with E-state index >= 15 is 0 Å². The van der Waals surface area contributed by atoms with Gasteiger partial charge >= 0.3 is 5.97 Å². The number of benzene rings is 1. The first-order chi connectivity index (χ1) is 9.43.